The second kappa shape index (κ2) is 10.1. The molecule has 3 aromatic rings. The molecule has 7 nitrogen and oxygen atoms in total. The number of carbonyl (C=O) groups is 1. The van der Waals surface area contributed by atoms with E-state index in [9.17, 15) is 19.1 Å². The highest BCUT2D eigenvalue weighted by Gasteiger charge is 2.33. The van der Waals surface area contributed by atoms with Gasteiger partial charge in [-0.3, -0.25) is 4.79 Å². The van der Waals surface area contributed by atoms with E-state index in [0.29, 0.717) is 28.7 Å². The molecule has 0 radical (unpaired) electrons. The summed E-state index contributed by atoms with van der Waals surface area (Å²) in [6.45, 7) is 3.66. The Labute approximate surface area is 190 Å². The van der Waals surface area contributed by atoms with Crippen LogP contribution in [0, 0.1) is 5.82 Å². The molecule has 0 unspecified atom stereocenters. The minimum Gasteiger partial charge on any atom is -0.506 e. The highest BCUT2D eigenvalue weighted by molar-refractivity contribution is 5.99. The van der Waals surface area contributed by atoms with Gasteiger partial charge in [-0.1, -0.05) is 24.3 Å². The summed E-state index contributed by atoms with van der Waals surface area (Å²) in [5.41, 5.74) is 0.109. The molecule has 2 aliphatic heterocycles. The molecule has 1 N–H and O–H groups in total. The second-order valence-electron chi connectivity index (χ2n) is 7.87. The van der Waals surface area contributed by atoms with Crippen LogP contribution < -0.4 is 5.56 Å². The lowest BCUT2D eigenvalue weighted by Crippen LogP contribution is -2.28. The average molecular weight is 455 g/mol. The summed E-state index contributed by atoms with van der Waals surface area (Å²) < 4.78 is 30.1. The third-order valence-electron chi connectivity index (χ3n) is 5.76. The number of aromatic hydroxyl groups is 1. The topological polar surface area (TPSA) is 87.0 Å². The van der Waals surface area contributed by atoms with E-state index in [0.717, 1.165) is 26.1 Å². The number of nitrogens with zero attached hydrogens (tertiary/aromatic N) is 1. The zero-order valence-corrected chi connectivity index (χ0v) is 18.3. The SMILES string of the molecule is C1C[C@H]2OCC[C@H]2O1.CCOC(=O)c1c(O)c2ccccc2n(Cc2ccc(F)cc2)c1=O. The molecular formula is C25H26FNO6. The van der Waals surface area contributed by atoms with Crippen molar-refractivity contribution in [3.8, 4) is 5.75 Å². The van der Waals surface area contributed by atoms with Gasteiger partial charge in [-0.2, -0.15) is 0 Å². The summed E-state index contributed by atoms with van der Waals surface area (Å²) in [5.74, 6) is -1.64. The van der Waals surface area contributed by atoms with Gasteiger partial charge in [-0.05, 0) is 49.6 Å². The standard InChI is InChI=1S/C19H16FNO4.C6H10O2/c1-2-25-19(24)16-17(22)14-5-3-4-6-15(14)21(18(16)23)11-12-7-9-13(20)10-8-12;1-3-7-6-2-4-8-5(1)6/h3-10,22H,2,11H2,1H3;5-6H,1-4H2/t;5-,6-/m.1/s1. The summed E-state index contributed by atoms with van der Waals surface area (Å²) in [7, 11) is 0. The van der Waals surface area contributed by atoms with Crippen molar-refractivity contribution < 1.29 is 28.5 Å². The van der Waals surface area contributed by atoms with Crippen molar-refractivity contribution in [1.82, 2.24) is 4.57 Å². The Morgan fingerprint density at radius 2 is 1.73 bits per heavy atom. The van der Waals surface area contributed by atoms with Crippen LogP contribution in [0.15, 0.2) is 53.3 Å². The lowest BCUT2D eigenvalue weighted by Gasteiger charge is -2.14. The molecule has 2 fully saturated rings. The van der Waals surface area contributed by atoms with Crippen molar-refractivity contribution in [2.24, 2.45) is 0 Å². The van der Waals surface area contributed by atoms with Gasteiger partial charge in [0.05, 0.1) is 30.9 Å². The van der Waals surface area contributed by atoms with E-state index in [2.05, 4.69) is 0 Å². The molecule has 8 heteroatoms. The zero-order chi connectivity index (χ0) is 23.4. The number of carbonyl (C=O) groups excluding carboxylic acids is 1. The van der Waals surface area contributed by atoms with Crippen LogP contribution in [0.5, 0.6) is 5.75 Å². The van der Waals surface area contributed by atoms with Crippen molar-refractivity contribution in [3.63, 3.8) is 0 Å². The molecule has 0 saturated carbocycles. The predicted molar refractivity (Wildman–Crippen MR) is 120 cm³/mol. The van der Waals surface area contributed by atoms with E-state index < -0.39 is 22.8 Å². The zero-order valence-electron chi connectivity index (χ0n) is 18.3. The van der Waals surface area contributed by atoms with Gasteiger partial charge >= 0.3 is 5.97 Å². The van der Waals surface area contributed by atoms with Gasteiger partial charge in [0.1, 0.15) is 11.6 Å². The van der Waals surface area contributed by atoms with Crippen LogP contribution in [-0.2, 0) is 20.8 Å². The fourth-order valence-electron chi connectivity index (χ4n) is 4.13. The highest BCUT2D eigenvalue weighted by Crippen LogP contribution is 2.27. The average Bonchev–Trinajstić information content (AvgIpc) is 3.44. The van der Waals surface area contributed by atoms with Crippen molar-refractivity contribution in [3.05, 3.63) is 75.8 Å². The summed E-state index contributed by atoms with van der Waals surface area (Å²) in [4.78, 5) is 25.0. The molecule has 2 atom stereocenters. The van der Waals surface area contributed by atoms with Crippen LogP contribution in [-0.4, -0.2) is 47.7 Å². The number of ether oxygens (including phenoxy) is 3. The third-order valence-corrected chi connectivity index (χ3v) is 5.76. The molecule has 0 spiro atoms. The minimum atomic E-state index is -0.872. The number of fused-ring (bicyclic) bond motifs is 2. The Hall–Kier alpha value is -3.23. The van der Waals surface area contributed by atoms with E-state index in [1.165, 1.54) is 16.7 Å². The van der Waals surface area contributed by atoms with Crippen LogP contribution in [0.3, 0.4) is 0 Å². The number of rotatable bonds is 4. The number of esters is 1. The second-order valence-corrected chi connectivity index (χ2v) is 7.87. The maximum atomic E-state index is 13.1. The number of aromatic nitrogens is 1. The van der Waals surface area contributed by atoms with Gasteiger partial charge in [0.15, 0.2) is 5.56 Å². The molecule has 0 bridgehead atoms. The van der Waals surface area contributed by atoms with Crippen LogP contribution in [0.4, 0.5) is 4.39 Å². The maximum Gasteiger partial charge on any atom is 0.347 e. The summed E-state index contributed by atoms with van der Waals surface area (Å²) in [6, 6.07) is 12.4. The molecule has 33 heavy (non-hydrogen) atoms. The van der Waals surface area contributed by atoms with Crippen LogP contribution in [0.1, 0.15) is 35.7 Å². The number of benzene rings is 2. The lowest BCUT2D eigenvalue weighted by atomic mass is 10.1. The number of para-hydroxylation sites is 1. The van der Waals surface area contributed by atoms with Crippen molar-refractivity contribution in [1.29, 1.82) is 0 Å². The van der Waals surface area contributed by atoms with E-state index in [-0.39, 0.29) is 19.0 Å². The number of halogens is 1. The molecule has 174 valence electrons. The third kappa shape index (κ3) is 4.91. The predicted octanol–water partition coefficient (Wildman–Crippen LogP) is 3.64. The highest BCUT2D eigenvalue weighted by atomic mass is 19.1. The largest absolute Gasteiger partial charge is 0.506 e. The molecule has 3 heterocycles. The molecule has 1 aromatic heterocycles. The first-order valence-electron chi connectivity index (χ1n) is 11.0. The fourth-order valence-corrected chi connectivity index (χ4v) is 4.13. The first-order chi connectivity index (χ1) is 16.0. The van der Waals surface area contributed by atoms with Gasteiger partial charge in [0, 0.05) is 18.6 Å². The van der Waals surface area contributed by atoms with Crippen LogP contribution in [0.25, 0.3) is 10.9 Å². The Balaban J connectivity index is 0.000000269. The van der Waals surface area contributed by atoms with Gasteiger partial charge in [0.2, 0.25) is 0 Å². The van der Waals surface area contributed by atoms with E-state index in [1.807, 2.05) is 0 Å². The Morgan fingerprint density at radius 1 is 1.09 bits per heavy atom. The summed E-state index contributed by atoms with van der Waals surface area (Å²) in [6.07, 6.45) is 3.14. The van der Waals surface area contributed by atoms with E-state index in [4.69, 9.17) is 14.2 Å². The molecule has 5 rings (SSSR count). The molecule has 2 aromatic carbocycles. The number of hydrogen-bond donors (Lipinski definition) is 1. The first-order valence-corrected chi connectivity index (χ1v) is 11.0. The smallest absolute Gasteiger partial charge is 0.347 e. The van der Waals surface area contributed by atoms with Crippen molar-refractivity contribution in [2.45, 2.75) is 38.5 Å². The van der Waals surface area contributed by atoms with Crippen LogP contribution in [0.2, 0.25) is 0 Å². The van der Waals surface area contributed by atoms with Crippen molar-refractivity contribution >= 4 is 16.9 Å². The van der Waals surface area contributed by atoms with Gasteiger partial charge in [0.25, 0.3) is 5.56 Å². The van der Waals surface area contributed by atoms with E-state index in [1.54, 1.807) is 43.3 Å². The molecular weight excluding hydrogens is 429 g/mol. The Kier molecular flexibility index (Phi) is 7.05. The number of hydrogen-bond acceptors (Lipinski definition) is 6. The van der Waals surface area contributed by atoms with Crippen LogP contribution >= 0.6 is 0 Å². The monoisotopic (exact) mass is 455 g/mol. The Bertz CT molecular complexity index is 1170. The Morgan fingerprint density at radius 3 is 2.36 bits per heavy atom. The normalized spacial score (nSPS) is 19.1. The number of pyridine rings is 1. The summed E-state index contributed by atoms with van der Waals surface area (Å²) >= 11 is 0. The summed E-state index contributed by atoms with van der Waals surface area (Å²) in [5, 5.41) is 10.8. The first kappa shape index (κ1) is 22.9. The molecule has 0 aliphatic carbocycles. The fraction of sp³-hybridized carbons (Fsp3) is 0.360. The lowest BCUT2D eigenvalue weighted by molar-refractivity contribution is 0.0520. The molecule has 2 aliphatic rings. The van der Waals surface area contributed by atoms with Crippen molar-refractivity contribution in [2.75, 3.05) is 19.8 Å². The minimum absolute atomic E-state index is 0.0858. The quantitative estimate of drug-likeness (QED) is 0.605. The maximum absolute atomic E-state index is 13.1. The van der Waals surface area contributed by atoms with Gasteiger partial charge in [-0.15, -0.1) is 0 Å². The van der Waals surface area contributed by atoms with E-state index >= 15 is 0 Å². The molecule has 0 amide bonds. The molecule has 2 saturated heterocycles. The van der Waals surface area contributed by atoms with Gasteiger partial charge < -0.3 is 23.9 Å². The van der Waals surface area contributed by atoms with Gasteiger partial charge in [-0.25, -0.2) is 9.18 Å².